The van der Waals surface area contributed by atoms with Crippen molar-refractivity contribution in [3.63, 3.8) is 0 Å². The van der Waals surface area contributed by atoms with Crippen molar-refractivity contribution >= 4 is 40.7 Å². The predicted molar refractivity (Wildman–Crippen MR) is 109 cm³/mol. The third kappa shape index (κ3) is 5.72. The summed E-state index contributed by atoms with van der Waals surface area (Å²) in [5, 5.41) is 5.63. The Bertz CT molecular complexity index is 886. The Balaban J connectivity index is 2.10. The highest BCUT2D eigenvalue weighted by Gasteiger charge is 2.18. The number of nitrogens with zero attached hydrogens (tertiary/aromatic N) is 2. The van der Waals surface area contributed by atoms with Crippen LogP contribution in [-0.2, 0) is 16.1 Å². The number of imide groups is 1. The number of urea groups is 1. The molecule has 0 fully saturated rings. The fourth-order valence-corrected chi connectivity index (χ4v) is 3.41. The number of carbonyl (C=O) groups excluding carboxylic acids is 3. The standard InChI is InChI=1S/C19H26N4O4S/c1-6-23-14-9-8-12(16(25)27-7-2)10-13(14)20-18(23)28-11-15(24)21-17(26)22-19(3,4)5/h8-10H,6-7,11H2,1-5H3,(H2,21,22,24,26). The Morgan fingerprint density at radius 2 is 1.93 bits per heavy atom. The van der Waals surface area contributed by atoms with Crippen LogP contribution in [0.1, 0.15) is 45.0 Å². The molecule has 0 bridgehead atoms. The smallest absolute Gasteiger partial charge is 0.338 e. The zero-order valence-corrected chi connectivity index (χ0v) is 17.6. The van der Waals surface area contributed by atoms with Crippen LogP contribution in [0.4, 0.5) is 4.79 Å². The molecule has 0 saturated heterocycles. The Hall–Kier alpha value is -2.55. The number of aryl methyl sites for hydroxylation is 1. The number of hydrogen-bond donors (Lipinski definition) is 2. The SMILES string of the molecule is CCOC(=O)c1ccc2c(c1)nc(SCC(=O)NC(=O)NC(C)(C)C)n2CC. The van der Waals surface area contributed by atoms with Crippen molar-refractivity contribution in [2.45, 2.75) is 51.9 Å². The van der Waals surface area contributed by atoms with E-state index in [4.69, 9.17) is 4.74 Å². The number of hydrogen-bond acceptors (Lipinski definition) is 6. The van der Waals surface area contributed by atoms with Crippen molar-refractivity contribution in [3.05, 3.63) is 23.8 Å². The number of carbonyl (C=O) groups is 3. The molecule has 28 heavy (non-hydrogen) atoms. The summed E-state index contributed by atoms with van der Waals surface area (Å²) in [5.41, 5.74) is 1.53. The number of fused-ring (bicyclic) bond motifs is 1. The van der Waals surface area contributed by atoms with Gasteiger partial charge < -0.3 is 14.6 Å². The normalized spacial score (nSPS) is 11.3. The molecule has 0 aliphatic rings. The Morgan fingerprint density at radius 1 is 1.21 bits per heavy atom. The van der Waals surface area contributed by atoms with Gasteiger partial charge in [-0.05, 0) is 52.8 Å². The summed E-state index contributed by atoms with van der Waals surface area (Å²) in [5.74, 6) is -0.756. The lowest BCUT2D eigenvalue weighted by molar-refractivity contribution is -0.117. The van der Waals surface area contributed by atoms with Crippen molar-refractivity contribution in [3.8, 4) is 0 Å². The Morgan fingerprint density at radius 3 is 2.54 bits per heavy atom. The van der Waals surface area contributed by atoms with Gasteiger partial charge in [0.15, 0.2) is 5.16 Å². The van der Waals surface area contributed by atoms with Gasteiger partial charge in [0.1, 0.15) is 0 Å². The van der Waals surface area contributed by atoms with Crippen LogP contribution >= 0.6 is 11.8 Å². The van der Waals surface area contributed by atoms with Crippen LogP contribution in [-0.4, -0.2) is 45.4 Å². The molecule has 0 atom stereocenters. The molecule has 0 aliphatic carbocycles. The second-order valence-corrected chi connectivity index (χ2v) is 8.05. The largest absolute Gasteiger partial charge is 0.462 e. The van der Waals surface area contributed by atoms with Crippen LogP contribution in [0, 0.1) is 0 Å². The van der Waals surface area contributed by atoms with E-state index in [-0.39, 0.29) is 5.75 Å². The summed E-state index contributed by atoms with van der Waals surface area (Å²) in [6, 6.07) is 4.67. The first-order valence-corrected chi connectivity index (χ1v) is 10.1. The van der Waals surface area contributed by atoms with Crippen LogP contribution in [0.2, 0.25) is 0 Å². The number of rotatable bonds is 6. The molecule has 0 unspecified atom stereocenters. The Labute approximate surface area is 168 Å². The van der Waals surface area contributed by atoms with E-state index in [2.05, 4.69) is 15.6 Å². The van der Waals surface area contributed by atoms with Gasteiger partial charge in [0.2, 0.25) is 5.91 Å². The van der Waals surface area contributed by atoms with Crippen LogP contribution in [0.3, 0.4) is 0 Å². The average molecular weight is 407 g/mol. The van der Waals surface area contributed by atoms with Crippen LogP contribution in [0.15, 0.2) is 23.4 Å². The first-order valence-electron chi connectivity index (χ1n) is 9.06. The van der Waals surface area contributed by atoms with E-state index in [0.29, 0.717) is 29.4 Å². The molecule has 0 spiro atoms. The summed E-state index contributed by atoms with van der Waals surface area (Å²) in [6.07, 6.45) is 0. The van der Waals surface area contributed by atoms with Crippen molar-refractivity contribution in [2.75, 3.05) is 12.4 Å². The number of amides is 3. The number of benzene rings is 1. The second kappa shape index (κ2) is 9.09. The van der Waals surface area contributed by atoms with E-state index >= 15 is 0 Å². The van der Waals surface area contributed by atoms with Gasteiger partial charge in [0.25, 0.3) is 0 Å². The molecular formula is C19H26N4O4S. The van der Waals surface area contributed by atoms with Gasteiger partial charge in [-0.25, -0.2) is 14.6 Å². The molecule has 9 heteroatoms. The molecule has 8 nitrogen and oxygen atoms in total. The minimum atomic E-state index is -0.527. The van der Waals surface area contributed by atoms with Crippen LogP contribution in [0.25, 0.3) is 11.0 Å². The topological polar surface area (TPSA) is 102 Å². The lowest BCUT2D eigenvalue weighted by atomic mass is 10.1. The maximum atomic E-state index is 12.1. The molecule has 1 aromatic carbocycles. The molecule has 0 saturated carbocycles. The highest BCUT2D eigenvalue weighted by Crippen LogP contribution is 2.25. The lowest BCUT2D eigenvalue weighted by Gasteiger charge is -2.20. The number of imidazole rings is 1. The number of esters is 1. The Kier molecular flexibility index (Phi) is 7.06. The molecular weight excluding hydrogens is 380 g/mol. The van der Waals surface area contributed by atoms with Gasteiger partial charge in [-0.3, -0.25) is 10.1 Å². The first-order chi connectivity index (χ1) is 13.1. The molecule has 1 heterocycles. The van der Waals surface area contributed by atoms with E-state index in [1.165, 1.54) is 11.8 Å². The van der Waals surface area contributed by atoms with Crippen molar-refractivity contribution in [2.24, 2.45) is 0 Å². The molecule has 1 aromatic heterocycles. The second-order valence-electron chi connectivity index (χ2n) is 7.10. The van der Waals surface area contributed by atoms with Gasteiger partial charge in [-0.2, -0.15) is 0 Å². The monoisotopic (exact) mass is 406 g/mol. The number of ether oxygens (including phenoxy) is 1. The zero-order chi connectivity index (χ0) is 20.9. The van der Waals surface area contributed by atoms with Gasteiger partial charge in [0, 0.05) is 12.1 Å². The van der Waals surface area contributed by atoms with E-state index in [1.54, 1.807) is 19.1 Å². The predicted octanol–water partition coefficient (Wildman–Crippen LogP) is 2.95. The third-order valence-electron chi connectivity index (χ3n) is 3.61. The zero-order valence-electron chi connectivity index (χ0n) is 16.8. The van der Waals surface area contributed by atoms with Crippen molar-refractivity contribution < 1.29 is 19.1 Å². The summed E-state index contributed by atoms with van der Waals surface area (Å²) in [4.78, 5) is 40.3. The number of aromatic nitrogens is 2. The average Bonchev–Trinajstić information content (AvgIpc) is 2.94. The molecule has 2 rings (SSSR count). The highest BCUT2D eigenvalue weighted by molar-refractivity contribution is 7.99. The summed E-state index contributed by atoms with van der Waals surface area (Å²) in [6.45, 7) is 10.2. The van der Waals surface area contributed by atoms with Crippen molar-refractivity contribution in [1.29, 1.82) is 0 Å². The fourth-order valence-electron chi connectivity index (χ4n) is 2.53. The van der Waals surface area contributed by atoms with Gasteiger partial charge in [-0.15, -0.1) is 0 Å². The van der Waals surface area contributed by atoms with Crippen molar-refractivity contribution in [1.82, 2.24) is 20.2 Å². The summed E-state index contributed by atoms with van der Waals surface area (Å²) >= 11 is 1.23. The van der Waals surface area contributed by atoms with E-state index in [1.807, 2.05) is 38.3 Å². The maximum absolute atomic E-state index is 12.1. The lowest BCUT2D eigenvalue weighted by Crippen LogP contribution is -2.48. The highest BCUT2D eigenvalue weighted by atomic mass is 32.2. The maximum Gasteiger partial charge on any atom is 0.338 e. The van der Waals surface area contributed by atoms with Crippen LogP contribution < -0.4 is 10.6 Å². The summed E-state index contributed by atoms with van der Waals surface area (Å²) < 4.78 is 6.98. The molecule has 152 valence electrons. The molecule has 0 aliphatic heterocycles. The molecule has 3 amide bonds. The molecule has 0 radical (unpaired) electrons. The quantitative estimate of drug-likeness (QED) is 0.565. The first kappa shape index (κ1) is 21.7. The van der Waals surface area contributed by atoms with Gasteiger partial charge in [0.05, 0.1) is 29.0 Å². The van der Waals surface area contributed by atoms with Gasteiger partial charge in [-0.1, -0.05) is 11.8 Å². The summed E-state index contributed by atoms with van der Waals surface area (Å²) in [7, 11) is 0. The molecule has 2 N–H and O–H groups in total. The number of nitrogens with one attached hydrogen (secondary N) is 2. The fraction of sp³-hybridized carbons (Fsp3) is 0.474. The van der Waals surface area contributed by atoms with Gasteiger partial charge >= 0.3 is 12.0 Å². The van der Waals surface area contributed by atoms with E-state index in [0.717, 1.165) is 5.52 Å². The van der Waals surface area contributed by atoms with Crippen LogP contribution in [0.5, 0.6) is 0 Å². The number of thioether (sulfide) groups is 1. The minimum absolute atomic E-state index is 0.0472. The van der Waals surface area contributed by atoms with E-state index < -0.39 is 23.4 Å². The third-order valence-corrected chi connectivity index (χ3v) is 4.59. The molecule has 2 aromatic rings. The van der Waals surface area contributed by atoms with E-state index in [9.17, 15) is 14.4 Å². The minimum Gasteiger partial charge on any atom is -0.462 e.